The standard InChI is InChI=1S/C14H25N3/c1-13(2)7-5-3-4-6-9-15-11-14-8-10-16-12-17-14/h8,10,12-13,15H,3-7,9,11H2,1-2H3. The molecule has 3 heteroatoms. The number of aromatic nitrogens is 2. The third-order valence-corrected chi connectivity index (χ3v) is 2.83. The van der Waals surface area contributed by atoms with Gasteiger partial charge in [0.2, 0.25) is 0 Å². The fraction of sp³-hybridized carbons (Fsp3) is 0.714. The Balaban J connectivity index is 1.88. The van der Waals surface area contributed by atoms with Crippen molar-refractivity contribution in [2.75, 3.05) is 6.54 Å². The molecule has 3 nitrogen and oxygen atoms in total. The van der Waals surface area contributed by atoms with E-state index in [1.165, 1.54) is 32.1 Å². The first-order chi connectivity index (χ1) is 8.29. The maximum absolute atomic E-state index is 4.17. The number of unbranched alkanes of at least 4 members (excludes halogenated alkanes) is 3. The van der Waals surface area contributed by atoms with Crippen molar-refractivity contribution in [2.24, 2.45) is 5.92 Å². The monoisotopic (exact) mass is 235 g/mol. The van der Waals surface area contributed by atoms with Gasteiger partial charge in [-0.15, -0.1) is 0 Å². The van der Waals surface area contributed by atoms with E-state index < -0.39 is 0 Å². The summed E-state index contributed by atoms with van der Waals surface area (Å²) in [5.41, 5.74) is 1.07. The molecule has 1 aromatic rings. The van der Waals surface area contributed by atoms with Crippen LogP contribution in [0.1, 0.15) is 51.6 Å². The number of hydrogen-bond donors (Lipinski definition) is 1. The summed E-state index contributed by atoms with van der Waals surface area (Å²) >= 11 is 0. The lowest BCUT2D eigenvalue weighted by molar-refractivity contribution is 0.511. The summed E-state index contributed by atoms with van der Waals surface area (Å²) in [6.45, 7) is 6.53. The van der Waals surface area contributed by atoms with Gasteiger partial charge in [-0.2, -0.15) is 0 Å². The molecular formula is C14H25N3. The van der Waals surface area contributed by atoms with Gasteiger partial charge in [0.15, 0.2) is 0 Å². The molecule has 0 amide bonds. The molecule has 0 saturated carbocycles. The topological polar surface area (TPSA) is 37.8 Å². The summed E-state index contributed by atoms with van der Waals surface area (Å²) < 4.78 is 0. The Morgan fingerprint density at radius 2 is 2.00 bits per heavy atom. The molecule has 0 aromatic carbocycles. The molecule has 0 aliphatic heterocycles. The van der Waals surface area contributed by atoms with Gasteiger partial charge in [-0.1, -0.05) is 39.5 Å². The highest BCUT2D eigenvalue weighted by Gasteiger charge is 1.95. The molecule has 0 aliphatic carbocycles. The molecule has 0 saturated heterocycles. The van der Waals surface area contributed by atoms with Crippen LogP contribution in [0.2, 0.25) is 0 Å². The van der Waals surface area contributed by atoms with Crippen LogP contribution in [0.25, 0.3) is 0 Å². The summed E-state index contributed by atoms with van der Waals surface area (Å²) in [4.78, 5) is 8.07. The first kappa shape index (κ1) is 14.1. The molecule has 0 aliphatic rings. The van der Waals surface area contributed by atoms with Crippen molar-refractivity contribution < 1.29 is 0 Å². The molecular weight excluding hydrogens is 210 g/mol. The second-order valence-electron chi connectivity index (χ2n) is 4.97. The zero-order valence-electron chi connectivity index (χ0n) is 11.2. The number of rotatable bonds is 9. The third kappa shape index (κ3) is 7.86. The Morgan fingerprint density at radius 3 is 2.71 bits per heavy atom. The second kappa shape index (κ2) is 9.11. The zero-order chi connectivity index (χ0) is 12.3. The minimum Gasteiger partial charge on any atom is -0.311 e. The molecule has 0 unspecified atom stereocenters. The lowest BCUT2D eigenvalue weighted by Gasteiger charge is -2.05. The number of hydrogen-bond acceptors (Lipinski definition) is 3. The van der Waals surface area contributed by atoms with Crippen LogP contribution in [0.4, 0.5) is 0 Å². The Bertz CT molecular complexity index is 272. The van der Waals surface area contributed by atoms with Crippen molar-refractivity contribution in [3.05, 3.63) is 24.3 Å². The zero-order valence-corrected chi connectivity index (χ0v) is 11.2. The van der Waals surface area contributed by atoms with E-state index in [1.807, 2.05) is 6.07 Å². The number of nitrogens with zero attached hydrogens (tertiary/aromatic N) is 2. The van der Waals surface area contributed by atoms with Crippen molar-refractivity contribution in [1.29, 1.82) is 0 Å². The molecule has 0 bridgehead atoms. The quantitative estimate of drug-likeness (QED) is 0.668. The van der Waals surface area contributed by atoms with Crippen LogP contribution >= 0.6 is 0 Å². The lowest BCUT2D eigenvalue weighted by atomic mass is 10.0. The Labute approximate surface area is 105 Å². The van der Waals surface area contributed by atoms with E-state index >= 15 is 0 Å². The van der Waals surface area contributed by atoms with Crippen LogP contribution in [-0.4, -0.2) is 16.5 Å². The van der Waals surface area contributed by atoms with Gasteiger partial charge in [-0.3, -0.25) is 0 Å². The van der Waals surface area contributed by atoms with Gasteiger partial charge in [0, 0.05) is 12.7 Å². The third-order valence-electron chi connectivity index (χ3n) is 2.83. The van der Waals surface area contributed by atoms with Gasteiger partial charge in [0.25, 0.3) is 0 Å². The molecule has 0 spiro atoms. The molecule has 1 N–H and O–H groups in total. The van der Waals surface area contributed by atoms with Crippen LogP contribution in [0, 0.1) is 5.92 Å². The Kier molecular flexibility index (Phi) is 7.56. The normalized spacial score (nSPS) is 11.0. The van der Waals surface area contributed by atoms with Crippen LogP contribution in [-0.2, 0) is 6.54 Å². The van der Waals surface area contributed by atoms with E-state index in [0.29, 0.717) is 0 Å². The lowest BCUT2D eigenvalue weighted by Crippen LogP contribution is -2.15. The largest absolute Gasteiger partial charge is 0.311 e. The SMILES string of the molecule is CC(C)CCCCCCNCc1ccncn1. The van der Waals surface area contributed by atoms with E-state index in [2.05, 4.69) is 29.1 Å². The maximum Gasteiger partial charge on any atom is 0.115 e. The summed E-state index contributed by atoms with van der Waals surface area (Å²) in [7, 11) is 0. The van der Waals surface area contributed by atoms with Crippen molar-refractivity contribution in [2.45, 2.75) is 52.5 Å². The van der Waals surface area contributed by atoms with Gasteiger partial charge in [-0.25, -0.2) is 9.97 Å². The number of nitrogens with one attached hydrogen (secondary N) is 1. The molecule has 1 aromatic heterocycles. The summed E-state index contributed by atoms with van der Waals surface area (Å²) in [6.07, 6.45) is 10.1. The second-order valence-corrected chi connectivity index (χ2v) is 4.97. The van der Waals surface area contributed by atoms with E-state index in [0.717, 1.165) is 24.7 Å². The molecule has 0 fully saturated rings. The van der Waals surface area contributed by atoms with Gasteiger partial charge < -0.3 is 5.32 Å². The minimum absolute atomic E-state index is 0.853. The fourth-order valence-electron chi connectivity index (χ4n) is 1.80. The van der Waals surface area contributed by atoms with Crippen molar-refractivity contribution >= 4 is 0 Å². The van der Waals surface area contributed by atoms with E-state index in [-0.39, 0.29) is 0 Å². The van der Waals surface area contributed by atoms with Gasteiger partial charge in [0.05, 0.1) is 5.69 Å². The summed E-state index contributed by atoms with van der Waals surface area (Å²) in [6, 6.07) is 1.95. The molecule has 0 atom stereocenters. The van der Waals surface area contributed by atoms with Gasteiger partial charge in [0.1, 0.15) is 6.33 Å². The molecule has 17 heavy (non-hydrogen) atoms. The smallest absolute Gasteiger partial charge is 0.115 e. The summed E-state index contributed by atoms with van der Waals surface area (Å²) in [5, 5.41) is 3.41. The molecule has 0 radical (unpaired) electrons. The predicted molar refractivity (Wildman–Crippen MR) is 71.7 cm³/mol. The van der Waals surface area contributed by atoms with Crippen LogP contribution < -0.4 is 5.32 Å². The van der Waals surface area contributed by atoms with Gasteiger partial charge >= 0.3 is 0 Å². The highest BCUT2D eigenvalue weighted by atomic mass is 14.9. The van der Waals surface area contributed by atoms with Gasteiger partial charge in [-0.05, 0) is 24.9 Å². The fourth-order valence-corrected chi connectivity index (χ4v) is 1.80. The highest BCUT2D eigenvalue weighted by Crippen LogP contribution is 2.08. The predicted octanol–water partition coefficient (Wildman–Crippen LogP) is 3.17. The first-order valence-electron chi connectivity index (χ1n) is 6.74. The van der Waals surface area contributed by atoms with Crippen LogP contribution in [0.5, 0.6) is 0 Å². The Hall–Kier alpha value is -0.960. The van der Waals surface area contributed by atoms with Crippen LogP contribution in [0.3, 0.4) is 0 Å². The first-order valence-corrected chi connectivity index (χ1v) is 6.74. The average molecular weight is 235 g/mol. The van der Waals surface area contributed by atoms with E-state index in [4.69, 9.17) is 0 Å². The van der Waals surface area contributed by atoms with E-state index in [9.17, 15) is 0 Å². The maximum atomic E-state index is 4.17. The van der Waals surface area contributed by atoms with Crippen LogP contribution in [0.15, 0.2) is 18.6 Å². The minimum atomic E-state index is 0.853. The average Bonchev–Trinajstić information content (AvgIpc) is 2.33. The van der Waals surface area contributed by atoms with Crippen molar-refractivity contribution in [1.82, 2.24) is 15.3 Å². The molecule has 1 rings (SSSR count). The van der Waals surface area contributed by atoms with Crippen molar-refractivity contribution in [3.63, 3.8) is 0 Å². The summed E-state index contributed by atoms with van der Waals surface area (Å²) in [5.74, 6) is 0.853. The molecule has 1 heterocycles. The van der Waals surface area contributed by atoms with Crippen molar-refractivity contribution in [3.8, 4) is 0 Å². The molecule has 96 valence electrons. The highest BCUT2D eigenvalue weighted by molar-refractivity contribution is 4.96. The van der Waals surface area contributed by atoms with E-state index in [1.54, 1.807) is 12.5 Å². The Morgan fingerprint density at radius 1 is 1.18 bits per heavy atom.